The van der Waals surface area contributed by atoms with Crippen LogP contribution in [0.1, 0.15) is 47.5 Å². The van der Waals surface area contributed by atoms with E-state index in [-0.39, 0.29) is 5.54 Å². The van der Waals surface area contributed by atoms with Crippen molar-refractivity contribution in [2.75, 3.05) is 6.54 Å². The van der Waals surface area contributed by atoms with E-state index in [0.29, 0.717) is 5.41 Å². The lowest BCUT2D eigenvalue weighted by Gasteiger charge is -2.30. The van der Waals surface area contributed by atoms with Crippen molar-refractivity contribution in [3.63, 3.8) is 0 Å². The summed E-state index contributed by atoms with van der Waals surface area (Å²) in [7, 11) is 0. The van der Waals surface area contributed by atoms with Crippen LogP contribution in [0, 0.1) is 11.3 Å². The van der Waals surface area contributed by atoms with Crippen LogP contribution in [-0.4, -0.2) is 12.1 Å². The van der Waals surface area contributed by atoms with Gasteiger partial charge < -0.3 is 5.32 Å². The van der Waals surface area contributed by atoms with Gasteiger partial charge in [0.15, 0.2) is 0 Å². The van der Waals surface area contributed by atoms with E-state index >= 15 is 0 Å². The molecule has 0 atom stereocenters. The third-order valence-electron chi connectivity index (χ3n) is 2.76. The van der Waals surface area contributed by atoms with E-state index in [4.69, 9.17) is 0 Å². The van der Waals surface area contributed by atoms with Crippen molar-refractivity contribution in [1.29, 1.82) is 0 Å². The van der Waals surface area contributed by atoms with Gasteiger partial charge in [-0.25, -0.2) is 0 Å². The molecule has 1 aliphatic carbocycles. The van der Waals surface area contributed by atoms with Crippen molar-refractivity contribution >= 4 is 0 Å². The molecule has 0 aliphatic heterocycles. The van der Waals surface area contributed by atoms with Gasteiger partial charge in [0.05, 0.1) is 0 Å². The zero-order valence-electron chi connectivity index (χ0n) is 9.20. The summed E-state index contributed by atoms with van der Waals surface area (Å²) in [5.41, 5.74) is 0.777. The molecule has 0 saturated heterocycles. The first-order valence-corrected chi connectivity index (χ1v) is 5.06. The zero-order chi connectivity index (χ0) is 9.41. The Morgan fingerprint density at radius 1 is 1.08 bits per heavy atom. The van der Waals surface area contributed by atoms with Crippen molar-refractivity contribution in [2.24, 2.45) is 11.3 Å². The normalized spacial score (nSPS) is 19.8. The van der Waals surface area contributed by atoms with Crippen molar-refractivity contribution < 1.29 is 0 Å². The second-order valence-corrected chi connectivity index (χ2v) is 5.87. The Hall–Kier alpha value is -0.0400. The van der Waals surface area contributed by atoms with Crippen LogP contribution in [0.5, 0.6) is 0 Å². The Labute approximate surface area is 76.9 Å². The fourth-order valence-electron chi connectivity index (χ4n) is 1.50. The molecule has 12 heavy (non-hydrogen) atoms. The van der Waals surface area contributed by atoms with Gasteiger partial charge >= 0.3 is 0 Å². The standard InChI is InChI=1S/C11H23N/c1-10(2,3)12-8-11(4,5)9-6-7-9/h9,12H,6-8H2,1-5H3. The van der Waals surface area contributed by atoms with E-state index in [2.05, 4.69) is 39.9 Å². The van der Waals surface area contributed by atoms with Gasteiger partial charge in [0, 0.05) is 12.1 Å². The van der Waals surface area contributed by atoms with E-state index < -0.39 is 0 Å². The molecule has 0 aromatic heterocycles. The molecule has 0 bridgehead atoms. The Bertz CT molecular complexity index is 149. The van der Waals surface area contributed by atoms with Crippen molar-refractivity contribution in [2.45, 2.75) is 53.0 Å². The predicted octanol–water partition coefficient (Wildman–Crippen LogP) is 2.81. The highest BCUT2D eigenvalue weighted by Crippen LogP contribution is 2.44. The number of hydrogen-bond acceptors (Lipinski definition) is 1. The highest BCUT2D eigenvalue weighted by atomic mass is 15.0. The molecule has 0 aromatic carbocycles. The number of hydrogen-bond donors (Lipinski definition) is 1. The Balaban J connectivity index is 2.30. The average molecular weight is 169 g/mol. The van der Waals surface area contributed by atoms with Gasteiger partial charge in [-0.15, -0.1) is 0 Å². The molecule has 0 amide bonds. The number of nitrogens with one attached hydrogen (secondary N) is 1. The lowest BCUT2D eigenvalue weighted by molar-refractivity contribution is 0.256. The Morgan fingerprint density at radius 2 is 1.58 bits per heavy atom. The minimum atomic E-state index is 0.270. The third kappa shape index (κ3) is 3.14. The molecule has 1 fully saturated rings. The van der Waals surface area contributed by atoms with Crippen LogP contribution in [-0.2, 0) is 0 Å². The molecule has 0 unspecified atom stereocenters. The molecule has 0 heterocycles. The van der Waals surface area contributed by atoms with Crippen LogP contribution in [0.3, 0.4) is 0 Å². The highest BCUT2D eigenvalue weighted by Gasteiger charge is 2.37. The van der Waals surface area contributed by atoms with Gasteiger partial charge in [-0.3, -0.25) is 0 Å². The van der Waals surface area contributed by atoms with Crippen molar-refractivity contribution in [1.82, 2.24) is 5.32 Å². The fraction of sp³-hybridized carbons (Fsp3) is 1.00. The summed E-state index contributed by atoms with van der Waals surface area (Å²) < 4.78 is 0. The maximum absolute atomic E-state index is 3.58. The quantitative estimate of drug-likeness (QED) is 0.685. The molecule has 1 heteroatoms. The van der Waals surface area contributed by atoms with Gasteiger partial charge in [0.2, 0.25) is 0 Å². The Morgan fingerprint density at radius 3 is 1.92 bits per heavy atom. The summed E-state index contributed by atoms with van der Waals surface area (Å²) in [4.78, 5) is 0. The molecular weight excluding hydrogens is 146 g/mol. The molecule has 1 rings (SSSR count). The molecular formula is C11H23N. The molecule has 1 saturated carbocycles. The second-order valence-electron chi connectivity index (χ2n) is 5.87. The summed E-state index contributed by atoms with van der Waals surface area (Å²) >= 11 is 0. The monoisotopic (exact) mass is 169 g/mol. The predicted molar refractivity (Wildman–Crippen MR) is 54.3 cm³/mol. The van der Waals surface area contributed by atoms with Crippen LogP contribution in [0.2, 0.25) is 0 Å². The fourth-order valence-corrected chi connectivity index (χ4v) is 1.50. The third-order valence-corrected chi connectivity index (χ3v) is 2.76. The summed E-state index contributed by atoms with van der Waals surface area (Å²) in [5, 5.41) is 3.58. The maximum atomic E-state index is 3.58. The SMILES string of the molecule is CC(C)(C)NCC(C)(C)C1CC1. The van der Waals surface area contributed by atoms with Gasteiger partial charge in [-0.2, -0.15) is 0 Å². The first kappa shape index (κ1) is 10.0. The summed E-state index contributed by atoms with van der Waals surface area (Å²) in [6, 6.07) is 0. The van der Waals surface area contributed by atoms with E-state index in [1.54, 1.807) is 0 Å². The molecule has 72 valence electrons. The molecule has 1 aliphatic rings. The van der Waals surface area contributed by atoms with Crippen LogP contribution in [0.15, 0.2) is 0 Å². The van der Waals surface area contributed by atoms with E-state index in [1.165, 1.54) is 12.8 Å². The number of rotatable bonds is 3. The minimum Gasteiger partial charge on any atom is -0.312 e. The van der Waals surface area contributed by atoms with Crippen LogP contribution < -0.4 is 5.32 Å². The van der Waals surface area contributed by atoms with E-state index in [0.717, 1.165) is 12.5 Å². The Kier molecular flexibility index (Phi) is 2.53. The van der Waals surface area contributed by atoms with Gasteiger partial charge in [0.25, 0.3) is 0 Å². The molecule has 0 aromatic rings. The topological polar surface area (TPSA) is 12.0 Å². The molecule has 1 nitrogen and oxygen atoms in total. The first-order chi connectivity index (χ1) is 5.31. The van der Waals surface area contributed by atoms with Crippen molar-refractivity contribution in [3.05, 3.63) is 0 Å². The van der Waals surface area contributed by atoms with Crippen molar-refractivity contribution in [3.8, 4) is 0 Å². The maximum Gasteiger partial charge on any atom is 0.00967 e. The smallest absolute Gasteiger partial charge is 0.00967 e. The van der Waals surface area contributed by atoms with Gasteiger partial charge in [0.1, 0.15) is 0 Å². The summed E-state index contributed by atoms with van der Waals surface area (Å²) in [6.07, 6.45) is 2.89. The average Bonchev–Trinajstić information content (AvgIpc) is 2.62. The van der Waals surface area contributed by atoms with Gasteiger partial charge in [-0.1, -0.05) is 13.8 Å². The molecule has 1 N–H and O–H groups in total. The van der Waals surface area contributed by atoms with Crippen LogP contribution in [0.25, 0.3) is 0 Å². The minimum absolute atomic E-state index is 0.270. The molecule has 0 radical (unpaired) electrons. The lowest BCUT2D eigenvalue weighted by atomic mass is 9.86. The first-order valence-electron chi connectivity index (χ1n) is 5.06. The summed E-state index contributed by atoms with van der Waals surface area (Å²) in [6.45, 7) is 12.6. The van der Waals surface area contributed by atoms with Crippen LogP contribution in [0.4, 0.5) is 0 Å². The van der Waals surface area contributed by atoms with Gasteiger partial charge in [-0.05, 0) is 44.9 Å². The second kappa shape index (κ2) is 3.02. The largest absolute Gasteiger partial charge is 0.312 e. The van der Waals surface area contributed by atoms with Crippen LogP contribution >= 0.6 is 0 Å². The van der Waals surface area contributed by atoms with E-state index in [9.17, 15) is 0 Å². The summed E-state index contributed by atoms with van der Waals surface area (Å²) in [5.74, 6) is 0.979. The van der Waals surface area contributed by atoms with E-state index in [1.807, 2.05) is 0 Å². The zero-order valence-corrected chi connectivity index (χ0v) is 9.20. The molecule has 0 spiro atoms. The lowest BCUT2D eigenvalue weighted by Crippen LogP contribution is -2.42. The highest BCUT2D eigenvalue weighted by molar-refractivity contribution is 4.90.